The molecule has 0 fully saturated rings. The smallest absolute Gasteiger partial charge is 0.114 e. The lowest BCUT2D eigenvalue weighted by Crippen LogP contribution is -1.99. The van der Waals surface area contributed by atoms with E-state index in [4.69, 9.17) is 4.98 Å². The Hall–Kier alpha value is -6.51. The van der Waals surface area contributed by atoms with E-state index in [1.165, 1.54) is 86.9 Å². The minimum absolute atomic E-state index is 0.878. The van der Waals surface area contributed by atoms with Crippen LogP contribution in [0.15, 0.2) is 164 Å². The Morgan fingerprint density at radius 2 is 0.941 bits per heavy atom. The summed E-state index contributed by atoms with van der Waals surface area (Å²) in [6.07, 6.45) is 0.878. The number of benzene rings is 9. The molecule has 0 saturated carbocycles. The maximum Gasteiger partial charge on any atom is 0.114 e. The molecule has 0 amide bonds. The predicted molar refractivity (Wildman–Crippen MR) is 218 cm³/mol. The Balaban J connectivity index is 1.09. The van der Waals surface area contributed by atoms with E-state index < -0.39 is 0 Å². The number of para-hydroxylation sites is 2. The number of rotatable bonds is 4. The monoisotopic (exact) mass is 648 g/mol. The quantitative estimate of drug-likeness (QED) is 0.174. The molecule has 1 aromatic heterocycles. The van der Waals surface area contributed by atoms with Crippen molar-refractivity contribution in [3.05, 3.63) is 170 Å². The zero-order valence-corrected chi connectivity index (χ0v) is 28.2. The second-order valence-corrected chi connectivity index (χ2v) is 13.8. The van der Waals surface area contributed by atoms with Gasteiger partial charge in [0, 0.05) is 12.1 Å². The van der Waals surface area contributed by atoms with Crippen LogP contribution in [0.5, 0.6) is 0 Å². The van der Waals surface area contributed by atoms with Crippen LogP contribution in [-0.2, 0) is 6.42 Å². The van der Waals surface area contributed by atoms with Crippen LogP contribution in [0.25, 0.3) is 104 Å². The molecule has 0 aliphatic rings. The van der Waals surface area contributed by atoms with Gasteiger partial charge in [0.25, 0.3) is 0 Å². The van der Waals surface area contributed by atoms with Gasteiger partial charge in [-0.25, -0.2) is 4.98 Å². The third-order valence-corrected chi connectivity index (χ3v) is 11.1. The number of fused-ring (bicyclic) bond motifs is 3. The molecule has 10 aromatic carbocycles. The van der Waals surface area contributed by atoms with Crippen LogP contribution in [-0.4, -0.2) is 9.55 Å². The summed E-state index contributed by atoms with van der Waals surface area (Å²) >= 11 is 0. The van der Waals surface area contributed by atoms with Gasteiger partial charge >= 0.3 is 0 Å². The van der Waals surface area contributed by atoms with E-state index in [1.807, 2.05) is 0 Å². The van der Waals surface area contributed by atoms with E-state index >= 15 is 0 Å². The fraction of sp³-hybridized carbons (Fsp3) is 0.0408. The first-order valence-corrected chi connectivity index (χ1v) is 17.9. The average Bonchev–Trinajstić information content (AvgIpc) is 3.58. The molecule has 2 nitrogen and oxygen atoms in total. The molecule has 0 atom stereocenters. The minimum atomic E-state index is 0.878. The van der Waals surface area contributed by atoms with Crippen molar-refractivity contribution in [3.63, 3.8) is 0 Å². The molecule has 0 aliphatic carbocycles. The van der Waals surface area contributed by atoms with Crippen molar-refractivity contribution in [3.8, 4) is 27.9 Å². The van der Waals surface area contributed by atoms with Crippen LogP contribution >= 0.6 is 0 Å². The molecule has 2 heteroatoms. The second-order valence-electron chi connectivity index (χ2n) is 13.8. The Morgan fingerprint density at radius 1 is 0.431 bits per heavy atom. The topological polar surface area (TPSA) is 17.8 Å². The van der Waals surface area contributed by atoms with Crippen LogP contribution in [0, 0.1) is 0 Å². The third-order valence-electron chi connectivity index (χ3n) is 11.1. The molecule has 0 radical (unpaired) electrons. The molecular formula is C49H32N2. The number of hydrogen-bond acceptors (Lipinski definition) is 1. The number of nitrogens with zero attached hydrogens (tertiary/aromatic N) is 2. The first-order valence-electron chi connectivity index (χ1n) is 17.9. The third kappa shape index (κ3) is 4.08. The highest BCUT2D eigenvalue weighted by Gasteiger charge is 2.18. The molecule has 0 saturated heterocycles. The summed E-state index contributed by atoms with van der Waals surface area (Å²) in [5.74, 6) is 1.08. The van der Waals surface area contributed by atoms with E-state index in [2.05, 4.69) is 175 Å². The van der Waals surface area contributed by atoms with Gasteiger partial charge < -0.3 is 0 Å². The van der Waals surface area contributed by atoms with Gasteiger partial charge in [0.2, 0.25) is 0 Å². The van der Waals surface area contributed by atoms with Crippen molar-refractivity contribution in [2.45, 2.75) is 13.3 Å². The predicted octanol–water partition coefficient (Wildman–Crippen LogP) is 13.3. The van der Waals surface area contributed by atoms with Crippen molar-refractivity contribution in [2.75, 3.05) is 0 Å². The molecular weight excluding hydrogens is 617 g/mol. The lowest BCUT2D eigenvalue weighted by molar-refractivity contribution is 0.908. The van der Waals surface area contributed by atoms with Gasteiger partial charge in [-0.2, -0.15) is 0 Å². The second kappa shape index (κ2) is 10.7. The van der Waals surface area contributed by atoms with Crippen LogP contribution in [0.1, 0.15) is 12.7 Å². The van der Waals surface area contributed by atoms with Crippen molar-refractivity contribution >= 4 is 75.7 Å². The first kappa shape index (κ1) is 28.3. The zero-order chi connectivity index (χ0) is 33.6. The molecule has 11 aromatic rings. The lowest BCUT2D eigenvalue weighted by atomic mass is 9.85. The number of hydrogen-bond donors (Lipinski definition) is 0. The average molecular weight is 649 g/mol. The summed E-state index contributed by atoms with van der Waals surface area (Å²) in [6.45, 7) is 2.17. The van der Waals surface area contributed by atoms with Crippen LogP contribution in [0.4, 0.5) is 0 Å². The normalized spacial score (nSPS) is 12.1. The van der Waals surface area contributed by atoms with E-state index in [-0.39, 0.29) is 0 Å². The van der Waals surface area contributed by atoms with Gasteiger partial charge in [-0.05, 0) is 117 Å². The Labute approximate surface area is 295 Å². The van der Waals surface area contributed by atoms with Crippen molar-refractivity contribution in [1.29, 1.82) is 0 Å². The fourth-order valence-corrected chi connectivity index (χ4v) is 8.79. The van der Waals surface area contributed by atoms with Crippen LogP contribution < -0.4 is 0 Å². The first-order chi connectivity index (χ1) is 25.2. The highest BCUT2D eigenvalue weighted by atomic mass is 15.1. The Bertz CT molecular complexity index is 3150. The number of aromatic nitrogens is 2. The summed E-state index contributed by atoms with van der Waals surface area (Å²) in [7, 11) is 0. The van der Waals surface area contributed by atoms with Gasteiger partial charge in [0.15, 0.2) is 0 Å². The van der Waals surface area contributed by atoms with E-state index in [0.29, 0.717) is 0 Å². The Kier molecular flexibility index (Phi) is 5.97. The highest BCUT2D eigenvalue weighted by Crippen LogP contribution is 2.45. The van der Waals surface area contributed by atoms with Gasteiger partial charge in [0.1, 0.15) is 5.82 Å². The lowest BCUT2D eigenvalue weighted by Gasteiger charge is -2.18. The molecule has 51 heavy (non-hydrogen) atoms. The van der Waals surface area contributed by atoms with Gasteiger partial charge in [-0.1, -0.05) is 140 Å². The summed E-state index contributed by atoms with van der Waals surface area (Å²) in [5, 5.41) is 15.7. The number of imidazole rings is 1. The van der Waals surface area contributed by atoms with E-state index in [0.717, 1.165) is 29.0 Å². The maximum atomic E-state index is 4.88. The molecule has 1 heterocycles. The fourth-order valence-electron chi connectivity index (χ4n) is 8.79. The molecule has 0 bridgehead atoms. The molecule has 238 valence electrons. The van der Waals surface area contributed by atoms with Crippen molar-refractivity contribution in [2.24, 2.45) is 0 Å². The van der Waals surface area contributed by atoms with Gasteiger partial charge in [-0.15, -0.1) is 0 Å². The zero-order valence-electron chi connectivity index (χ0n) is 28.2. The van der Waals surface area contributed by atoms with Crippen LogP contribution in [0.3, 0.4) is 0 Å². The Morgan fingerprint density at radius 3 is 1.59 bits per heavy atom. The molecule has 0 aliphatic heterocycles. The standard InChI is InChI=1S/C49H32N2/c1-2-45-50-43-17-3-4-18-44(43)51(45)36-27-25-31(26-28-36)30-19-21-32(22-20-30)42-29-35-11-7-14-38-37-12-5-9-33-23-24-34-10-6-13-39(47(34)46(33)37)40-15-8-16-41(42)49(40)48(35)38/h3-29H,2H2,1H3. The van der Waals surface area contributed by atoms with Gasteiger partial charge in [0.05, 0.1) is 11.0 Å². The number of aryl methyl sites for hydroxylation is 1. The summed E-state index contributed by atoms with van der Waals surface area (Å²) in [5.41, 5.74) is 8.21. The minimum Gasteiger partial charge on any atom is -0.296 e. The van der Waals surface area contributed by atoms with E-state index in [9.17, 15) is 0 Å². The summed E-state index contributed by atoms with van der Waals surface area (Å²) in [4.78, 5) is 4.88. The maximum absolute atomic E-state index is 4.88. The largest absolute Gasteiger partial charge is 0.296 e. The summed E-state index contributed by atoms with van der Waals surface area (Å²) in [6, 6.07) is 60.7. The SMILES string of the molecule is CCc1nc2ccccc2n1-c1ccc(-c2ccc(-c3cc4cccc5c6cccc7ccc8cccc(c9cccc3c9c45)c8c76)cc2)cc1. The molecule has 0 spiro atoms. The molecule has 11 rings (SSSR count). The molecule has 0 unspecified atom stereocenters. The van der Waals surface area contributed by atoms with Crippen LogP contribution in [0.2, 0.25) is 0 Å². The molecule has 0 N–H and O–H groups in total. The van der Waals surface area contributed by atoms with Crippen molar-refractivity contribution in [1.82, 2.24) is 9.55 Å². The van der Waals surface area contributed by atoms with E-state index in [1.54, 1.807) is 0 Å². The summed E-state index contributed by atoms with van der Waals surface area (Å²) < 4.78 is 2.28. The van der Waals surface area contributed by atoms with Crippen molar-refractivity contribution < 1.29 is 0 Å². The highest BCUT2D eigenvalue weighted by molar-refractivity contribution is 6.37. The van der Waals surface area contributed by atoms with Gasteiger partial charge in [-0.3, -0.25) is 4.57 Å².